The number of halogens is 1. The van der Waals surface area contributed by atoms with E-state index in [4.69, 9.17) is 0 Å². The summed E-state index contributed by atoms with van der Waals surface area (Å²) in [6.45, 7) is 9.86. The predicted molar refractivity (Wildman–Crippen MR) is 125 cm³/mol. The Morgan fingerprint density at radius 1 is 1.12 bits per heavy atom. The third kappa shape index (κ3) is 6.04. The Balaban J connectivity index is 2.55. The SMILES string of the molecule is C=CCN(CC=C)c1ccc(N=Nc2c(Br)cc([N+](=O)[O-])cc2[N+](=O)[O-])c(NC(C)=O)c1. The Hall–Kier alpha value is -3.93. The maximum atomic E-state index is 11.7. The molecule has 0 aromatic heterocycles. The second kappa shape index (κ2) is 10.9. The summed E-state index contributed by atoms with van der Waals surface area (Å²) in [4.78, 5) is 34.5. The number of amides is 1. The summed E-state index contributed by atoms with van der Waals surface area (Å²) in [5, 5.41) is 33.0. The van der Waals surface area contributed by atoms with E-state index in [1.807, 2.05) is 4.90 Å². The zero-order valence-electron chi connectivity index (χ0n) is 17.0. The molecule has 1 amide bonds. The maximum absolute atomic E-state index is 11.7. The summed E-state index contributed by atoms with van der Waals surface area (Å²) in [5.41, 5.74) is 0.0811. The van der Waals surface area contributed by atoms with E-state index >= 15 is 0 Å². The molecular formula is C20H19BrN6O5. The van der Waals surface area contributed by atoms with Gasteiger partial charge in [-0.25, -0.2) is 0 Å². The minimum absolute atomic E-state index is 0.0305. The minimum atomic E-state index is -0.785. The van der Waals surface area contributed by atoms with Crippen LogP contribution in [0.1, 0.15) is 6.92 Å². The van der Waals surface area contributed by atoms with Gasteiger partial charge in [-0.1, -0.05) is 12.2 Å². The van der Waals surface area contributed by atoms with E-state index in [2.05, 4.69) is 44.6 Å². The highest BCUT2D eigenvalue weighted by Gasteiger charge is 2.23. The molecule has 0 saturated heterocycles. The van der Waals surface area contributed by atoms with Crippen LogP contribution in [0.4, 0.5) is 34.1 Å². The van der Waals surface area contributed by atoms with Crippen LogP contribution in [0.25, 0.3) is 0 Å². The number of carbonyl (C=O) groups excluding carboxylic acids is 1. The van der Waals surface area contributed by atoms with Gasteiger partial charge in [-0.2, -0.15) is 0 Å². The van der Waals surface area contributed by atoms with Crippen molar-refractivity contribution in [2.75, 3.05) is 23.3 Å². The van der Waals surface area contributed by atoms with Crippen LogP contribution >= 0.6 is 15.9 Å². The fourth-order valence-electron chi connectivity index (χ4n) is 2.71. The number of hydrogen-bond donors (Lipinski definition) is 1. The number of carbonyl (C=O) groups is 1. The first-order valence-electron chi connectivity index (χ1n) is 9.10. The summed E-state index contributed by atoms with van der Waals surface area (Å²) >= 11 is 3.07. The number of azo groups is 1. The molecule has 0 radical (unpaired) electrons. The molecule has 2 rings (SSSR count). The zero-order valence-corrected chi connectivity index (χ0v) is 18.6. The van der Waals surface area contributed by atoms with Crippen molar-refractivity contribution in [2.24, 2.45) is 10.2 Å². The van der Waals surface area contributed by atoms with Gasteiger partial charge >= 0.3 is 5.69 Å². The second-order valence-electron chi connectivity index (χ2n) is 6.37. The van der Waals surface area contributed by atoms with E-state index in [1.165, 1.54) is 6.92 Å². The molecule has 166 valence electrons. The first kappa shape index (κ1) is 24.3. The Labute approximate surface area is 191 Å². The molecule has 0 aliphatic rings. The number of hydrogen-bond acceptors (Lipinski definition) is 8. The molecule has 2 aromatic carbocycles. The molecule has 0 bridgehead atoms. The third-order valence-corrected chi connectivity index (χ3v) is 4.65. The summed E-state index contributed by atoms with van der Waals surface area (Å²) in [6.07, 6.45) is 3.45. The van der Waals surface area contributed by atoms with Crippen molar-refractivity contribution < 1.29 is 14.6 Å². The third-order valence-electron chi connectivity index (χ3n) is 4.05. The lowest BCUT2D eigenvalue weighted by Crippen LogP contribution is -2.23. The first-order valence-corrected chi connectivity index (χ1v) is 9.89. The van der Waals surface area contributed by atoms with E-state index in [9.17, 15) is 25.0 Å². The van der Waals surface area contributed by atoms with Crippen molar-refractivity contribution in [1.82, 2.24) is 0 Å². The fourth-order valence-corrected chi connectivity index (χ4v) is 3.23. The molecule has 0 aliphatic heterocycles. The number of anilines is 2. The molecule has 0 aliphatic carbocycles. The summed E-state index contributed by atoms with van der Waals surface area (Å²) in [5.74, 6) is -0.347. The molecule has 11 nitrogen and oxygen atoms in total. The number of nitrogens with zero attached hydrogens (tertiary/aromatic N) is 5. The smallest absolute Gasteiger partial charge is 0.304 e. The minimum Gasteiger partial charge on any atom is -0.364 e. The average Bonchev–Trinajstić information content (AvgIpc) is 2.72. The van der Waals surface area contributed by atoms with Gasteiger partial charge in [0.05, 0.1) is 26.1 Å². The number of benzene rings is 2. The quantitative estimate of drug-likeness (QED) is 0.187. The van der Waals surface area contributed by atoms with E-state index < -0.39 is 21.2 Å². The largest absolute Gasteiger partial charge is 0.364 e. The van der Waals surface area contributed by atoms with Crippen molar-refractivity contribution in [3.05, 3.63) is 80.3 Å². The van der Waals surface area contributed by atoms with Gasteiger partial charge in [-0.05, 0) is 34.1 Å². The molecule has 0 spiro atoms. The molecule has 0 fully saturated rings. The van der Waals surface area contributed by atoms with Crippen LogP contribution in [0.2, 0.25) is 0 Å². The van der Waals surface area contributed by atoms with Crippen molar-refractivity contribution in [3.63, 3.8) is 0 Å². The summed E-state index contributed by atoms with van der Waals surface area (Å²) < 4.78 is 0.0305. The fraction of sp³-hybridized carbons (Fsp3) is 0.150. The second-order valence-corrected chi connectivity index (χ2v) is 7.23. The lowest BCUT2D eigenvalue weighted by Gasteiger charge is -2.22. The van der Waals surface area contributed by atoms with Gasteiger partial charge in [0.2, 0.25) is 5.91 Å². The van der Waals surface area contributed by atoms with Gasteiger partial charge in [-0.3, -0.25) is 25.0 Å². The van der Waals surface area contributed by atoms with Crippen LogP contribution < -0.4 is 10.2 Å². The lowest BCUT2D eigenvalue weighted by molar-refractivity contribution is -0.393. The van der Waals surface area contributed by atoms with E-state index in [-0.39, 0.29) is 21.8 Å². The Morgan fingerprint density at radius 2 is 1.78 bits per heavy atom. The molecule has 0 saturated carbocycles. The first-order chi connectivity index (χ1) is 15.2. The standard InChI is InChI=1S/C20H19BrN6O5/c1-4-8-25(9-5-2)14-6-7-17(18(11-14)22-13(3)28)23-24-20-16(21)10-15(26(29)30)12-19(20)27(31)32/h4-7,10-12H,1-2,8-9H2,3H3,(H,22,28). The monoisotopic (exact) mass is 502 g/mol. The number of nitro groups is 2. The molecule has 0 atom stereocenters. The van der Waals surface area contributed by atoms with Gasteiger partial charge in [0.1, 0.15) is 5.69 Å². The molecular weight excluding hydrogens is 484 g/mol. The van der Waals surface area contributed by atoms with E-state index in [0.717, 1.165) is 17.8 Å². The normalized spacial score (nSPS) is 10.6. The molecule has 32 heavy (non-hydrogen) atoms. The molecule has 0 heterocycles. The van der Waals surface area contributed by atoms with E-state index in [0.29, 0.717) is 18.8 Å². The van der Waals surface area contributed by atoms with Crippen LogP contribution in [-0.2, 0) is 4.79 Å². The van der Waals surface area contributed by atoms with Crippen molar-refractivity contribution in [2.45, 2.75) is 6.92 Å². The van der Waals surface area contributed by atoms with Gasteiger partial charge in [0.25, 0.3) is 5.69 Å². The number of nitro benzene ring substituents is 2. The number of nitrogens with one attached hydrogen (secondary N) is 1. The number of non-ortho nitro benzene ring substituents is 1. The Bertz CT molecular complexity index is 1110. The van der Waals surface area contributed by atoms with Crippen LogP contribution in [0, 0.1) is 20.2 Å². The van der Waals surface area contributed by atoms with Gasteiger partial charge in [-0.15, -0.1) is 23.4 Å². The molecule has 12 heteroatoms. The molecule has 1 N–H and O–H groups in total. The maximum Gasteiger partial charge on any atom is 0.304 e. The predicted octanol–water partition coefficient (Wildman–Crippen LogP) is 5.82. The van der Waals surface area contributed by atoms with Crippen LogP contribution in [0.5, 0.6) is 0 Å². The highest BCUT2D eigenvalue weighted by molar-refractivity contribution is 9.10. The van der Waals surface area contributed by atoms with Crippen molar-refractivity contribution in [1.29, 1.82) is 0 Å². The average molecular weight is 503 g/mol. The van der Waals surface area contributed by atoms with Crippen LogP contribution in [0.3, 0.4) is 0 Å². The van der Waals surface area contributed by atoms with Crippen LogP contribution in [-0.4, -0.2) is 28.8 Å². The number of rotatable bonds is 10. The summed E-state index contributed by atoms with van der Waals surface area (Å²) in [6, 6.07) is 6.92. The highest BCUT2D eigenvalue weighted by Crippen LogP contribution is 2.40. The summed E-state index contributed by atoms with van der Waals surface area (Å²) in [7, 11) is 0. The topological polar surface area (TPSA) is 143 Å². The molecule has 2 aromatic rings. The van der Waals surface area contributed by atoms with Crippen molar-refractivity contribution in [3.8, 4) is 0 Å². The Morgan fingerprint density at radius 3 is 2.31 bits per heavy atom. The zero-order chi connectivity index (χ0) is 23.8. The molecule has 0 unspecified atom stereocenters. The van der Waals surface area contributed by atoms with Crippen molar-refractivity contribution >= 4 is 56.0 Å². The van der Waals surface area contributed by atoms with Crippen LogP contribution in [0.15, 0.2) is 70.3 Å². The van der Waals surface area contributed by atoms with Gasteiger partial charge < -0.3 is 10.2 Å². The highest BCUT2D eigenvalue weighted by atomic mass is 79.9. The van der Waals surface area contributed by atoms with E-state index in [1.54, 1.807) is 30.4 Å². The lowest BCUT2D eigenvalue weighted by atomic mass is 10.2. The van der Waals surface area contributed by atoms with Gasteiger partial charge in [0.15, 0.2) is 5.69 Å². The van der Waals surface area contributed by atoms with Gasteiger partial charge in [0, 0.05) is 31.8 Å². The Kier molecular flexibility index (Phi) is 8.30.